The third-order valence-corrected chi connectivity index (χ3v) is 2.42. The Morgan fingerprint density at radius 2 is 2.00 bits per heavy atom. The maximum atomic E-state index is 11.5. The largest absolute Gasteiger partial charge is 0.480 e. The van der Waals surface area contributed by atoms with Crippen LogP contribution in [-0.4, -0.2) is 23.0 Å². The Bertz CT molecular complexity index is 426. The first-order valence-corrected chi connectivity index (χ1v) is 5.90. The van der Waals surface area contributed by atoms with Crippen molar-refractivity contribution in [3.8, 4) is 0 Å². The standard InChI is InChI=1S/C14H17NO3/c1-2-6-12(14(17)18)15-13(16)10-9-11-7-4-3-5-8-11/h3-5,7-10,12H,2,6H2,1H3,(H,15,16)(H,17,18)/b10-9+/t12-/m1/s1. The van der Waals surface area contributed by atoms with E-state index in [2.05, 4.69) is 5.32 Å². The molecule has 2 N–H and O–H groups in total. The van der Waals surface area contributed by atoms with Crippen LogP contribution in [0.25, 0.3) is 6.08 Å². The first-order valence-electron chi connectivity index (χ1n) is 5.90. The Balaban J connectivity index is 2.55. The zero-order chi connectivity index (χ0) is 13.4. The summed E-state index contributed by atoms with van der Waals surface area (Å²) in [7, 11) is 0. The number of carbonyl (C=O) groups excluding carboxylic acids is 1. The average molecular weight is 247 g/mol. The highest BCUT2D eigenvalue weighted by Crippen LogP contribution is 2.01. The lowest BCUT2D eigenvalue weighted by atomic mass is 10.1. The van der Waals surface area contributed by atoms with Gasteiger partial charge in [0.25, 0.3) is 0 Å². The summed E-state index contributed by atoms with van der Waals surface area (Å²) in [6.45, 7) is 1.88. The van der Waals surface area contributed by atoms with Gasteiger partial charge in [-0.1, -0.05) is 43.7 Å². The highest BCUT2D eigenvalue weighted by atomic mass is 16.4. The molecule has 0 aliphatic heterocycles. The van der Waals surface area contributed by atoms with Gasteiger partial charge in [0.2, 0.25) is 5.91 Å². The molecule has 1 aromatic carbocycles. The summed E-state index contributed by atoms with van der Waals surface area (Å²) in [6.07, 6.45) is 4.14. The molecule has 0 unspecified atom stereocenters. The van der Waals surface area contributed by atoms with E-state index < -0.39 is 12.0 Å². The summed E-state index contributed by atoms with van der Waals surface area (Å²) >= 11 is 0. The Morgan fingerprint density at radius 1 is 1.33 bits per heavy atom. The lowest BCUT2D eigenvalue weighted by Crippen LogP contribution is -2.39. The van der Waals surface area contributed by atoms with E-state index in [0.717, 1.165) is 5.56 Å². The summed E-state index contributed by atoms with van der Waals surface area (Å²) in [6, 6.07) is 8.54. The molecule has 4 heteroatoms. The van der Waals surface area contributed by atoms with Gasteiger partial charge in [0.05, 0.1) is 0 Å². The molecule has 0 bridgehead atoms. The summed E-state index contributed by atoms with van der Waals surface area (Å²) < 4.78 is 0. The third kappa shape index (κ3) is 4.82. The molecular weight excluding hydrogens is 230 g/mol. The molecule has 1 amide bonds. The number of hydrogen-bond donors (Lipinski definition) is 2. The Kier molecular flexibility index (Phi) is 5.64. The molecule has 1 rings (SSSR count). The van der Waals surface area contributed by atoms with Crippen LogP contribution in [0.4, 0.5) is 0 Å². The van der Waals surface area contributed by atoms with Crippen molar-refractivity contribution in [2.24, 2.45) is 0 Å². The van der Waals surface area contributed by atoms with Gasteiger partial charge in [-0.25, -0.2) is 4.79 Å². The van der Waals surface area contributed by atoms with Crippen LogP contribution in [0.5, 0.6) is 0 Å². The Hall–Kier alpha value is -2.10. The van der Waals surface area contributed by atoms with Crippen molar-refractivity contribution in [1.82, 2.24) is 5.32 Å². The number of aliphatic carboxylic acids is 1. The number of nitrogens with one attached hydrogen (secondary N) is 1. The van der Waals surface area contributed by atoms with E-state index >= 15 is 0 Å². The molecule has 0 aliphatic carbocycles. The topological polar surface area (TPSA) is 66.4 Å². The summed E-state index contributed by atoms with van der Waals surface area (Å²) in [5, 5.41) is 11.4. The van der Waals surface area contributed by atoms with Crippen molar-refractivity contribution < 1.29 is 14.7 Å². The number of carbonyl (C=O) groups is 2. The van der Waals surface area contributed by atoms with Gasteiger partial charge >= 0.3 is 5.97 Å². The van der Waals surface area contributed by atoms with Crippen molar-refractivity contribution in [2.45, 2.75) is 25.8 Å². The van der Waals surface area contributed by atoms with Gasteiger partial charge in [-0.15, -0.1) is 0 Å². The highest BCUT2D eigenvalue weighted by molar-refractivity contribution is 5.94. The molecule has 1 atom stereocenters. The minimum Gasteiger partial charge on any atom is -0.480 e. The van der Waals surface area contributed by atoms with Gasteiger partial charge in [-0.2, -0.15) is 0 Å². The van der Waals surface area contributed by atoms with E-state index in [-0.39, 0.29) is 5.91 Å². The molecule has 0 saturated carbocycles. The number of carboxylic acid groups (broad SMARTS) is 1. The fourth-order valence-corrected chi connectivity index (χ4v) is 1.50. The highest BCUT2D eigenvalue weighted by Gasteiger charge is 2.17. The van der Waals surface area contributed by atoms with Gasteiger partial charge in [0.15, 0.2) is 0 Å². The van der Waals surface area contributed by atoms with Crippen LogP contribution < -0.4 is 5.32 Å². The van der Waals surface area contributed by atoms with E-state index in [1.165, 1.54) is 6.08 Å². The first-order chi connectivity index (χ1) is 8.63. The van der Waals surface area contributed by atoms with Crippen molar-refractivity contribution in [3.63, 3.8) is 0 Å². The number of hydrogen-bond acceptors (Lipinski definition) is 2. The van der Waals surface area contributed by atoms with E-state index in [9.17, 15) is 9.59 Å². The second kappa shape index (κ2) is 7.27. The number of rotatable bonds is 6. The van der Waals surface area contributed by atoms with E-state index in [0.29, 0.717) is 12.8 Å². The SMILES string of the molecule is CCC[C@@H](NC(=O)/C=C/c1ccccc1)C(=O)O. The quantitative estimate of drug-likeness (QED) is 0.756. The van der Waals surface area contributed by atoms with Crippen LogP contribution in [0.3, 0.4) is 0 Å². The van der Waals surface area contributed by atoms with Crippen LogP contribution in [0, 0.1) is 0 Å². The smallest absolute Gasteiger partial charge is 0.326 e. The molecule has 4 nitrogen and oxygen atoms in total. The molecule has 0 heterocycles. The molecular formula is C14H17NO3. The van der Waals surface area contributed by atoms with Crippen LogP contribution in [-0.2, 0) is 9.59 Å². The fourth-order valence-electron chi connectivity index (χ4n) is 1.50. The minimum absolute atomic E-state index is 0.389. The number of carboxylic acids is 1. The Labute approximate surface area is 106 Å². The van der Waals surface area contributed by atoms with Crippen LogP contribution in [0.2, 0.25) is 0 Å². The molecule has 0 saturated heterocycles. The lowest BCUT2D eigenvalue weighted by molar-refractivity contribution is -0.141. The van der Waals surface area contributed by atoms with Crippen LogP contribution in [0.1, 0.15) is 25.3 Å². The zero-order valence-corrected chi connectivity index (χ0v) is 10.3. The molecule has 0 fully saturated rings. The molecule has 0 aliphatic rings. The molecule has 1 aromatic rings. The summed E-state index contributed by atoms with van der Waals surface area (Å²) in [4.78, 5) is 22.4. The monoisotopic (exact) mass is 247 g/mol. The zero-order valence-electron chi connectivity index (χ0n) is 10.3. The average Bonchev–Trinajstić information content (AvgIpc) is 2.37. The second-order valence-electron chi connectivity index (χ2n) is 3.93. The summed E-state index contributed by atoms with van der Waals surface area (Å²) in [5.41, 5.74) is 0.898. The molecule has 0 aromatic heterocycles. The van der Waals surface area contributed by atoms with Crippen LogP contribution in [0.15, 0.2) is 36.4 Å². The van der Waals surface area contributed by atoms with Gasteiger partial charge in [-0.3, -0.25) is 4.79 Å². The minimum atomic E-state index is -1.00. The molecule has 0 radical (unpaired) electrons. The van der Waals surface area contributed by atoms with Crippen LogP contribution >= 0.6 is 0 Å². The lowest BCUT2D eigenvalue weighted by Gasteiger charge is -2.11. The predicted octanol–water partition coefficient (Wildman–Crippen LogP) is 2.07. The maximum Gasteiger partial charge on any atom is 0.326 e. The van der Waals surface area contributed by atoms with Gasteiger partial charge in [-0.05, 0) is 18.1 Å². The molecule has 0 spiro atoms. The first kappa shape index (κ1) is 14.0. The number of benzene rings is 1. The van der Waals surface area contributed by atoms with E-state index in [1.54, 1.807) is 6.08 Å². The number of amides is 1. The van der Waals surface area contributed by atoms with Crippen molar-refractivity contribution >= 4 is 18.0 Å². The molecule has 18 heavy (non-hydrogen) atoms. The maximum absolute atomic E-state index is 11.5. The third-order valence-electron chi connectivity index (χ3n) is 2.42. The predicted molar refractivity (Wildman–Crippen MR) is 70.0 cm³/mol. The van der Waals surface area contributed by atoms with Crippen molar-refractivity contribution in [2.75, 3.05) is 0 Å². The summed E-state index contributed by atoms with van der Waals surface area (Å²) in [5.74, 6) is -1.39. The second-order valence-corrected chi connectivity index (χ2v) is 3.93. The van der Waals surface area contributed by atoms with Gasteiger partial charge in [0.1, 0.15) is 6.04 Å². The Morgan fingerprint density at radius 3 is 2.56 bits per heavy atom. The fraction of sp³-hybridized carbons (Fsp3) is 0.286. The normalized spacial score (nSPS) is 12.3. The van der Waals surface area contributed by atoms with E-state index in [1.807, 2.05) is 37.3 Å². The van der Waals surface area contributed by atoms with Crippen molar-refractivity contribution in [3.05, 3.63) is 42.0 Å². The van der Waals surface area contributed by atoms with E-state index in [4.69, 9.17) is 5.11 Å². The van der Waals surface area contributed by atoms with Crippen molar-refractivity contribution in [1.29, 1.82) is 0 Å². The van der Waals surface area contributed by atoms with Gasteiger partial charge < -0.3 is 10.4 Å². The molecule has 96 valence electrons. The van der Waals surface area contributed by atoms with Gasteiger partial charge in [0, 0.05) is 6.08 Å².